The Bertz CT molecular complexity index is 1020. The van der Waals surface area contributed by atoms with Gasteiger partial charge in [-0.3, -0.25) is 0 Å². The molecule has 4 aliphatic carbocycles. The zero-order chi connectivity index (χ0) is 24.8. The number of anilines is 1. The number of rotatable bonds is 5. The van der Waals surface area contributed by atoms with Gasteiger partial charge in [0.1, 0.15) is 0 Å². The molecule has 6 unspecified atom stereocenters. The van der Waals surface area contributed by atoms with Crippen LogP contribution in [0.15, 0.2) is 53.6 Å². The second-order valence-corrected chi connectivity index (χ2v) is 12.0. The van der Waals surface area contributed by atoms with Gasteiger partial charge >= 0.3 is 6.03 Å². The normalized spacial score (nSPS) is 37.9. The monoisotopic (exact) mass is 478 g/mol. The molecule has 3 fully saturated rings. The van der Waals surface area contributed by atoms with Crippen molar-refractivity contribution in [2.45, 2.75) is 83.8 Å². The van der Waals surface area contributed by atoms with Crippen molar-refractivity contribution in [1.29, 1.82) is 0 Å². The summed E-state index contributed by atoms with van der Waals surface area (Å²) in [6.45, 7) is 7.75. The van der Waals surface area contributed by atoms with E-state index in [0.717, 1.165) is 57.1 Å². The zero-order valence-corrected chi connectivity index (χ0v) is 21.6. The second-order valence-electron chi connectivity index (χ2n) is 12.0. The Morgan fingerprint density at radius 1 is 1.06 bits per heavy atom. The molecule has 2 amide bonds. The molecule has 0 radical (unpaired) electrons. The number of benzene rings is 1. The first-order valence-electron chi connectivity index (χ1n) is 13.6. The van der Waals surface area contributed by atoms with Gasteiger partial charge in [-0.25, -0.2) is 4.79 Å². The topological polar surface area (TPSA) is 72.8 Å². The van der Waals surface area contributed by atoms with Crippen LogP contribution in [0.25, 0.3) is 0 Å². The van der Waals surface area contributed by atoms with E-state index >= 15 is 0 Å². The lowest BCUT2D eigenvalue weighted by atomic mass is 9.50. The third-order valence-corrected chi connectivity index (χ3v) is 10.1. The number of fused-ring (bicyclic) bond motifs is 5. The van der Waals surface area contributed by atoms with Gasteiger partial charge in [0.05, 0.1) is 18.2 Å². The molecule has 1 aromatic carbocycles. The first-order valence-corrected chi connectivity index (χ1v) is 13.6. The van der Waals surface area contributed by atoms with Gasteiger partial charge in [0.15, 0.2) is 0 Å². The molecule has 3 saturated carbocycles. The number of aliphatic hydroxyl groups is 2. The van der Waals surface area contributed by atoms with Gasteiger partial charge in [-0.2, -0.15) is 0 Å². The average Bonchev–Trinajstić information content (AvgIpc) is 3.10. The quantitative estimate of drug-likeness (QED) is 0.493. The van der Waals surface area contributed by atoms with Crippen molar-refractivity contribution in [2.24, 2.45) is 22.7 Å². The molecule has 0 bridgehead atoms. The molecular formula is C30H42N2O3. The summed E-state index contributed by atoms with van der Waals surface area (Å²) in [5.41, 5.74) is 2.68. The maximum absolute atomic E-state index is 13.2. The van der Waals surface area contributed by atoms with E-state index in [9.17, 15) is 15.0 Å². The number of hydrogen-bond donors (Lipinski definition) is 3. The van der Waals surface area contributed by atoms with Gasteiger partial charge in [0, 0.05) is 17.6 Å². The third-order valence-electron chi connectivity index (χ3n) is 10.1. The van der Waals surface area contributed by atoms with Crippen LogP contribution < -0.4 is 5.32 Å². The van der Waals surface area contributed by atoms with Crippen molar-refractivity contribution in [3.8, 4) is 0 Å². The molecule has 190 valence electrons. The number of carbonyl (C=O) groups excluding carboxylic acids is 1. The van der Waals surface area contributed by atoms with Crippen molar-refractivity contribution in [3.63, 3.8) is 0 Å². The van der Waals surface area contributed by atoms with Crippen LogP contribution >= 0.6 is 0 Å². The smallest absolute Gasteiger partial charge is 0.321 e. The molecule has 0 heterocycles. The van der Waals surface area contributed by atoms with E-state index < -0.39 is 5.60 Å². The van der Waals surface area contributed by atoms with Gasteiger partial charge in [0.25, 0.3) is 0 Å². The van der Waals surface area contributed by atoms with E-state index in [1.807, 2.05) is 35.2 Å². The average molecular weight is 479 g/mol. The van der Waals surface area contributed by atoms with E-state index in [4.69, 9.17) is 0 Å². The number of nitrogens with one attached hydrogen (secondary N) is 1. The molecule has 0 aliphatic heterocycles. The van der Waals surface area contributed by atoms with Gasteiger partial charge in [-0.05, 0) is 80.8 Å². The molecule has 6 atom stereocenters. The minimum absolute atomic E-state index is 0.134. The molecule has 1 aromatic rings. The molecule has 5 rings (SSSR count). The first kappa shape index (κ1) is 24.6. The Labute approximate surface area is 210 Å². The fourth-order valence-corrected chi connectivity index (χ4v) is 7.92. The van der Waals surface area contributed by atoms with Crippen molar-refractivity contribution in [3.05, 3.63) is 53.6 Å². The third kappa shape index (κ3) is 4.05. The maximum atomic E-state index is 13.2. The van der Waals surface area contributed by atoms with E-state index in [0.29, 0.717) is 24.9 Å². The summed E-state index contributed by atoms with van der Waals surface area (Å²) in [5, 5.41) is 25.5. The lowest BCUT2D eigenvalue weighted by molar-refractivity contribution is -0.0958. The fraction of sp³-hybridized carbons (Fsp3) is 0.633. The predicted octanol–water partition coefficient (Wildman–Crippen LogP) is 5.91. The predicted molar refractivity (Wildman–Crippen MR) is 140 cm³/mol. The van der Waals surface area contributed by atoms with E-state index in [1.54, 1.807) is 0 Å². The highest BCUT2D eigenvalue weighted by Crippen LogP contribution is 2.66. The number of urea groups is 1. The van der Waals surface area contributed by atoms with Crippen LogP contribution in [0.3, 0.4) is 0 Å². The Morgan fingerprint density at radius 2 is 1.80 bits per heavy atom. The molecular weight excluding hydrogens is 436 g/mol. The summed E-state index contributed by atoms with van der Waals surface area (Å²) in [6, 6.07) is 9.43. The second kappa shape index (κ2) is 9.08. The minimum Gasteiger partial charge on any atom is -0.393 e. The molecule has 35 heavy (non-hydrogen) atoms. The van der Waals surface area contributed by atoms with Gasteiger partial charge in [-0.1, -0.05) is 62.3 Å². The molecule has 0 aromatic heterocycles. The van der Waals surface area contributed by atoms with Crippen LogP contribution in [-0.2, 0) is 0 Å². The summed E-state index contributed by atoms with van der Waals surface area (Å²) in [6.07, 6.45) is 11.7. The van der Waals surface area contributed by atoms with Crippen LogP contribution in [0.2, 0.25) is 0 Å². The van der Waals surface area contributed by atoms with Crippen LogP contribution in [0, 0.1) is 22.7 Å². The standard InChI is InChI=1S/C30H42N2O3/c1-4-18-32(27(34)31-22-8-6-5-7-9-22)20-30(35)17-14-26-24-11-10-21-19-23(33)12-15-28(21,2)25(24)13-16-29(26,30)3/h5-11,23,25-26,33,35H,4,12-20H2,1-3H3,(H,31,34). The summed E-state index contributed by atoms with van der Waals surface area (Å²) in [5.74, 6) is 0.844. The van der Waals surface area contributed by atoms with E-state index in [2.05, 4.69) is 38.2 Å². The Morgan fingerprint density at radius 3 is 2.54 bits per heavy atom. The molecule has 5 nitrogen and oxygen atoms in total. The molecule has 5 heteroatoms. The highest BCUT2D eigenvalue weighted by molar-refractivity contribution is 5.89. The largest absolute Gasteiger partial charge is 0.393 e. The van der Waals surface area contributed by atoms with Crippen LogP contribution in [0.1, 0.15) is 72.1 Å². The Kier molecular flexibility index (Phi) is 6.38. The van der Waals surface area contributed by atoms with Crippen LogP contribution in [-0.4, -0.2) is 45.9 Å². The van der Waals surface area contributed by atoms with Crippen LogP contribution in [0.5, 0.6) is 0 Å². The van der Waals surface area contributed by atoms with E-state index in [1.165, 1.54) is 11.1 Å². The maximum Gasteiger partial charge on any atom is 0.321 e. The van der Waals surface area contributed by atoms with Crippen molar-refractivity contribution < 1.29 is 15.0 Å². The summed E-state index contributed by atoms with van der Waals surface area (Å²) < 4.78 is 0. The lowest BCUT2D eigenvalue weighted by Crippen LogP contribution is -2.57. The number of nitrogens with zero attached hydrogens (tertiary/aromatic N) is 1. The summed E-state index contributed by atoms with van der Waals surface area (Å²) in [7, 11) is 0. The minimum atomic E-state index is -0.902. The zero-order valence-electron chi connectivity index (χ0n) is 21.6. The summed E-state index contributed by atoms with van der Waals surface area (Å²) in [4.78, 5) is 15.0. The Hall–Kier alpha value is -2.11. The lowest BCUT2D eigenvalue weighted by Gasteiger charge is -2.56. The highest BCUT2D eigenvalue weighted by Gasteiger charge is 2.62. The van der Waals surface area contributed by atoms with E-state index in [-0.39, 0.29) is 23.0 Å². The highest BCUT2D eigenvalue weighted by atomic mass is 16.3. The summed E-state index contributed by atoms with van der Waals surface area (Å²) >= 11 is 0. The van der Waals surface area contributed by atoms with Gasteiger partial charge < -0.3 is 20.4 Å². The van der Waals surface area contributed by atoms with Gasteiger partial charge in [0.2, 0.25) is 0 Å². The molecule has 4 aliphatic rings. The molecule has 3 N–H and O–H groups in total. The van der Waals surface area contributed by atoms with Crippen LogP contribution in [0.4, 0.5) is 10.5 Å². The first-order chi connectivity index (χ1) is 16.7. The fourth-order valence-electron chi connectivity index (χ4n) is 7.92. The number of hydrogen-bond acceptors (Lipinski definition) is 3. The number of aliphatic hydroxyl groups excluding tert-OH is 1. The number of amides is 2. The SMILES string of the molecule is CCCN(CC1(O)CCC2C3=CC=C4CC(O)CCC4(C)C3CCC21C)C(=O)Nc1ccccc1. The number of para-hydroxylation sites is 1. The number of carbonyl (C=O) groups is 1. The van der Waals surface area contributed by atoms with Crippen molar-refractivity contribution in [1.82, 2.24) is 4.90 Å². The molecule has 0 saturated heterocycles. The molecule has 0 spiro atoms. The van der Waals surface area contributed by atoms with Crippen molar-refractivity contribution >= 4 is 11.7 Å². The van der Waals surface area contributed by atoms with Gasteiger partial charge in [-0.15, -0.1) is 0 Å². The number of allylic oxidation sites excluding steroid dienone is 3. The van der Waals surface area contributed by atoms with Crippen molar-refractivity contribution in [2.75, 3.05) is 18.4 Å². The Balaban J connectivity index is 1.38.